The van der Waals surface area contributed by atoms with Crippen molar-refractivity contribution in [3.8, 4) is 0 Å². The minimum Gasteiger partial charge on any atom is -0.480 e. The number of rotatable bonds is 24. The minimum absolute atomic E-state index is 0.0645. The fraction of sp³-hybridized carbons (Fsp3) is 0.867. The first-order chi connectivity index (χ1) is 18.1. The highest BCUT2D eigenvalue weighted by Gasteiger charge is 2.12. The fourth-order valence-electron chi connectivity index (χ4n) is 4.14. The number of amides is 2. The minimum atomic E-state index is -0.956. The van der Waals surface area contributed by atoms with Gasteiger partial charge in [0.15, 0.2) is 0 Å². The summed E-state index contributed by atoms with van der Waals surface area (Å²) in [6.07, 6.45) is 22.9. The third-order valence-corrected chi connectivity index (χ3v) is 6.58. The lowest BCUT2D eigenvalue weighted by Crippen LogP contribution is -2.31. The van der Waals surface area contributed by atoms with Crippen molar-refractivity contribution in [2.75, 3.05) is 27.2 Å². The van der Waals surface area contributed by atoms with Crippen LogP contribution in [0.25, 0.3) is 0 Å². The van der Waals surface area contributed by atoms with E-state index < -0.39 is 11.9 Å². The zero-order chi connectivity index (χ0) is 29.0. The van der Waals surface area contributed by atoms with Crippen LogP contribution in [-0.4, -0.2) is 71.0 Å². The van der Waals surface area contributed by atoms with Gasteiger partial charge < -0.3 is 20.0 Å². The molecule has 0 unspecified atom stereocenters. The van der Waals surface area contributed by atoms with Crippen LogP contribution in [0.5, 0.6) is 0 Å². The molecule has 0 aliphatic carbocycles. The molecule has 38 heavy (non-hydrogen) atoms. The number of carbonyl (C=O) groups excluding carboxylic acids is 2. The van der Waals surface area contributed by atoms with Gasteiger partial charge in [-0.1, -0.05) is 117 Å². The summed E-state index contributed by atoms with van der Waals surface area (Å²) < 4.78 is 0. The lowest BCUT2D eigenvalue weighted by Gasteiger charge is -2.14. The molecular weight excluding hydrogens is 484 g/mol. The van der Waals surface area contributed by atoms with Crippen LogP contribution in [-0.2, 0) is 19.2 Å². The SMILES string of the molecule is CCCCCCCCCCCC(=O)N(C)CC(=O)O.CCCCCCCCCCCC(=O)N(C)CC(=O)O. The molecule has 0 aromatic rings. The van der Waals surface area contributed by atoms with Crippen LogP contribution in [0.2, 0.25) is 0 Å². The molecule has 0 bridgehead atoms. The first kappa shape index (κ1) is 38.0. The summed E-state index contributed by atoms with van der Waals surface area (Å²) in [5.74, 6) is -2.04. The first-order valence-corrected chi connectivity index (χ1v) is 15.1. The number of hydrogen-bond donors (Lipinski definition) is 2. The molecule has 0 saturated heterocycles. The van der Waals surface area contributed by atoms with Crippen molar-refractivity contribution in [3.05, 3.63) is 0 Å². The third-order valence-electron chi connectivity index (χ3n) is 6.58. The van der Waals surface area contributed by atoms with Crippen molar-refractivity contribution in [1.29, 1.82) is 0 Å². The Kier molecular flexibility index (Phi) is 27.9. The topological polar surface area (TPSA) is 115 Å². The summed E-state index contributed by atoms with van der Waals surface area (Å²) in [6, 6.07) is 0. The van der Waals surface area contributed by atoms with Crippen molar-refractivity contribution >= 4 is 23.8 Å². The predicted molar refractivity (Wildman–Crippen MR) is 154 cm³/mol. The zero-order valence-electron chi connectivity index (χ0n) is 25.0. The van der Waals surface area contributed by atoms with Gasteiger partial charge in [-0.15, -0.1) is 0 Å². The zero-order valence-corrected chi connectivity index (χ0v) is 25.0. The maximum absolute atomic E-state index is 11.5. The Labute approximate surface area is 232 Å². The molecule has 0 rings (SSSR count). The van der Waals surface area contributed by atoms with Crippen LogP contribution in [0.4, 0.5) is 0 Å². The monoisotopic (exact) mass is 542 g/mol. The Bertz CT molecular complexity index is 560. The van der Waals surface area contributed by atoms with Crippen LogP contribution in [0, 0.1) is 0 Å². The number of unbranched alkanes of at least 4 members (excludes halogenated alkanes) is 16. The molecule has 8 nitrogen and oxygen atoms in total. The van der Waals surface area contributed by atoms with E-state index in [2.05, 4.69) is 13.8 Å². The molecule has 0 fully saturated rings. The first-order valence-electron chi connectivity index (χ1n) is 15.1. The third kappa shape index (κ3) is 28.5. The maximum Gasteiger partial charge on any atom is 0.323 e. The van der Waals surface area contributed by atoms with E-state index in [-0.39, 0.29) is 24.9 Å². The van der Waals surface area contributed by atoms with E-state index >= 15 is 0 Å². The summed E-state index contributed by atoms with van der Waals surface area (Å²) >= 11 is 0. The molecule has 2 N–H and O–H groups in total. The fourth-order valence-corrected chi connectivity index (χ4v) is 4.14. The number of carboxylic acid groups (broad SMARTS) is 2. The normalized spacial score (nSPS) is 10.4. The molecular formula is C30H58N2O6. The molecule has 0 saturated carbocycles. The quantitative estimate of drug-likeness (QED) is 0.128. The van der Waals surface area contributed by atoms with E-state index in [1.54, 1.807) is 14.1 Å². The van der Waals surface area contributed by atoms with Gasteiger partial charge in [-0.05, 0) is 12.8 Å². The molecule has 224 valence electrons. The van der Waals surface area contributed by atoms with Crippen molar-refractivity contribution in [1.82, 2.24) is 9.80 Å². The van der Waals surface area contributed by atoms with Crippen LogP contribution in [0.15, 0.2) is 0 Å². The van der Waals surface area contributed by atoms with Crippen molar-refractivity contribution in [2.45, 2.75) is 142 Å². The second kappa shape index (κ2) is 27.9. The van der Waals surface area contributed by atoms with E-state index in [1.807, 2.05) is 0 Å². The predicted octanol–water partition coefficient (Wildman–Crippen LogP) is 6.90. The van der Waals surface area contributed by atoms with E-state index in [0.29, 0.717) is 12.8 Å². The van der Waals surface area contributed by atoms with E-state index in [9.17, 15) is 19.2 Å². The highest BCUT2D eigenvalue weighted by Crippen LogP contribution is 2.12. The maximum atomic E-state index is 11.5. The Balaban J connectivity index is 0. The summed E-state index contributed by atoms with van der Waals surface area (Å²) in [7, 11) is 3.09. The molecule has 0 atom stereocenters. The average Bonchev–Trinajstić information content (AvgIpc) is 2.86. The van der Waals surface area contributed by atoms with Crippen LogP contribution >= 0.6 is 0 Å². The van der Waals surface area contributed by atoms with Gasteiger partial charge in [0.05, 0.1) is 0 Å². The number of nitrogens with zero attached hydrogens (tertiary/aromatic N) is 2. The number of likely N-dealkylation sites (N-methyl/N-ethyl adjacent to an activating group) is 2. The van der Waals surface area contributed by atoms with E-state index in [0.717, 1.165) is 25.7 Å². The lowest BCUT2D eigenvalue weighted by atomic mass is 10.1. The molecule has 0 heterocycles. The molecule has 0 spiro atoms. The van der Waals surface area contributed by atoms with Crippen molar-refractivity contribution in [2.24, 2.45) is 0 Å². The van der Waals surface area contributed by atoms with Gasteiger partial charge in [0.1, 0.15) is 13.1 Å². The van der Waals surface area contributed by atoms with Crippen LogP contribution in [0.3, 0.4) is 0 Å². The van der Waals surface area contributed by atoms with Gasteiger partial charge in [0.2, 0.25) is 11.8 Å². The summed E-state index contributed by atoms with van der Waals surface area (Å²) in [5, 5.41) is 17.1. The summed E-state index contributed by atoms with van der Waals surface area (Å²) in [4.78, 5) is 46.6. The van der Waals surface area contributed by atoms with Gasteiger partial charge in [0.25, 0.3) is 0 Å². The number of carbonyl (C=O) groups is 4. The van der Waals surface area contributed by atoms with Crippen molar-refractivity contribution < 1.29 is 29.4 Å². The molecule has 8 heteroatoms. The molecule has 0 aromatic carbocycles. The van der Waals surface area contributed by atoms with Crippen LogP contribution < -0.4 is 0 Å². The highest BCUT2D eigenvalue weighted by atomic mass is 16.4. The van der Waals surface area contributed by atoms with E-state index in [4.69, 9.17) is 10.2 Å². The Morgan fingerprint density at radius 3 is 0.921 bits per heavy atom. The summed E-state index contributed by atoms with van der Waals surface area (Å²) in [5.41, 5.74) is 0. The Morgan fingerprint density at radius 1 is 0.447 bits per heavy atom. The summed E-state index contributed by atoms with van der Waals surface area (Å²) in [6.45, 7) is 4.04. The van der Waals surface area contributed by atoms with Gasteiger partial charge in [-0.2, -0.15) is 0 Å². The highest BCUT2D eigenvalue weighted by molar-refractivity contribution is 5.81. The molecule has 2 amide bonds. The molecule has 0 aliphatic rings. The number of hydrogen-bond acceptors (Lipinski definition) is 4. The van der Waals surface area contributed by atoms with Gasteiger partial charge in [0, 0.05) is 26.9 Å². The largest absolute Gasteiger partial charge is 0.480 e. The molecule has 0 aliphatic heterocycles. The number of aliphatic carboxylic acids is 2. The molecule has 0 aromatic heterocycles. The van der Waals surface area contributed by atoms with Gasteiger partial charge >= 0.3 is 11.9 Å². The standard InChI is InChI=1S/2C15H29NO3/c2*1-3-4-5-6-7-8-9-10-11-12-14(17)16(2)13-15(18)19/h2*3-13H2,1-2H3,(H,18,19). The van der Waals surface area contributed by atoms with Gasteiger partial charge in [-0.3, -0.25) is 19.2 Å². The second-order valence-corrected chi connectivity index (χ2v) is 10.4. The van der Waals surface area contributed by atoms with E-state index in [1.165, 1.54) is 99.7 Å². The van der Waals surface area contributed by atoms with Crippen LogP contribution in [0.1, 0.15) is 142 Å². The average molecular weight is 543 g/mol. The van der Waals surface area contributed by atoms with Crippen molar-refractivity contribution in [3.63, 3.8) is 0 Å². The lowest BCUT2D eigenvalue weighted by molar-refractivity contribution is -0.143. The Hall–Kier alpha value is -2.12. The smallest absolute Gasteiger partial charge is 0.323 e. The molecule has 0 radical (unpaired) electrons. The second-order valence-electron chi connectivity index (χ2n) is 10.4. The number of carboxylic acids is 2. The Morgan fingerprint density at radius 2 is 0.684 bits per heavy atom. The van der Waals surface area contributed by atoms with Gasteiger partial charge in [-0.25, -0.2) is 0 Å².